The van der Waals surface area contributed by atoms with Gasteiger partial charge in [0.15, 0.2) is 11.5 Å². The Kier molecular flexibility index (Phi) is 3.42. The summed E-state index contributed by atoms with van der Waals surface area (Å²) in [5, 5.41) is 0. The van der Waals surface area contributed by atoms with E-state index in [9.17, 15) is 4.79 Å². The number of para-hydroxylation sites is 2. The first-order chi connectivity index (χ1) is 14.3. The molecule has 0 radical (unpaired) electrons. The van der Waals surface area contributed by atoms with Crippen molar-refractivity contribution in [2.24, 2.45) is 0 Å². The third-order valence-corrected chi connectivity index (χ3v) is 6.00. The molecule has 1 unspecified atom stereocenters. The second kappa shape index (κ2) is 6.01. The van der Waals surface area contributed by atoms with E-state index in [4.69, 9.17) is 14.2 Å². The predicted octanol–water partition coefficient (Wildman–Crippen LogP) is 3.68. The van der Waals surface area contributed by atoms with Crippen molar-refractivity contribution >= 4 is 11.6 Å². The second-order valence-electron chi connectivity index (χ2n) is 7.58. The van der Waals surface area contributed by atoms with Gasteiger partial charge in [-0.05, 0) is 35.4 Å². The van der Waals surface area contributed by atoms with Crippen molar-refractivity contribution in [3.63, 3.8) is 0 Å². The van der Waals surface area contributed by atoms with Crippen LogP contribution >= 0.6 is 0 Å². The van der Waals surface area contributed by atoms with Gasteiger partial charge in [-0.3, -0.25) is 4.79 Å². The van der Waals surface area contributed by atoms with Crippen LogP contribution in [0, 0.1) is 0 Å². The summed E-state index contributed by atoms with van der Waals surface area (Å²) in [5.74, 6) is 2.33. The van der Waals surface area contributed by atoms with Gasteiger partial charge in [-0.15, -0.1) is 0 Å². The number of rotatable bonds is 2. The predicted molar refractivity (Wildman–Crippen MR) is 108 cm³/mol. The molecular formula is C24H19NO4. The standard InChI is InChI=1S/C24H19NO4/c26-23-24(15-29-20-8-4-2-6-18(20)24)17-5-1-3-7-19(17)25(23)14-16-9-10-21-22(13-16)28-12-11-27-21/h1-10,13H,11-12,14-15H2. The largest absolute Gasteiger partial charge is 0.491 e. The Balaban J connectivity index is 1.44. The molecule has 1 atom stereocenters. The van der Waals surface area contributed by atoms with E-state index in [-0.39, 0.29) is 5.91 Å². The highest BCUT2D eigenvalue weighted by Gasteiger charge is 2.56. The van der Waals surface area contributed by atoms with Crippen LogP contribution in [0.2, 0.25) is 0 Å². The van der Waals surface area contributed by atoms with Crippen molar-refractivity contribution in [1.82, 2.24) is 0 Å². The summed E-state index contributed by atoms with van der Waals surface area (Å²) in [7, 11) is 0. The molecule has 0 aliphatic carbocycles. The summed E-state index contributed by atoms with van der Waals surface area (Å²) in [5.41, 5.74) is 3.12. The molecule has 144 valence electrons. The Morgan fingerprint density at radius 2 is 1.55 bits per heavy atom. The van der Waals surface area contributed by atoms with Crippen LogP contribution < -0.4 is 19.1 Å². The lowest BCUT2D eigenvalue weighted by molar-refractivity contribution is -0.122. The number of hydrogen-bond donors (Lipinski definition) is 0. The fourth-order valence-corrected chi connectivity index (χ4v) is 4.66. The van der Waals surface area contributed by atoms with E-state index in [0.29, 0.717) is 26.4 Å². The topological polar surface area (TPSA) is 48.0 Å². The molecule has 1 spiro atoms. The van der Waals surface area contributed by atoms with Gasteiger partial charge in [0, 0.05) is 11.3 Å². The van der Waals surface area contributed by atoms with Crippen LogP contribution in [-0.4, -0.2) is 25.7 Å². The van der Waals surface area contributed by atoms with Gasteiger partial charge in [0.2, 0.25) is 5.91 Å². The molecule has 29 heavy (non-hydrogen) atoms. The Bertz CT molecular complexity index is 1140. The van der Waals surface area contributed by atoms with Crippen molar-refractivity contribution in [3.05, 3.63) is 83.4 Å². The van der Waals surface area contributed by atoms with E-state index in [1.807, 2.05) is 71.6 Å². The minimum absolute atomic E-state index is 0.0542. The molecule has 3 aromatic carbocycles. The fraction of sp³-hybridized carbons (Fsp3) is 0.208. The van der Waals surface area contributed by atoms with Crippen molar-refractivity contribution in [2.75, 3.05) is 24.7 Å². The molecule has 3 heterocycles. The van der Waals surface area contributed by atoms with Gasteiger partial charge in [-0.2, -0.15) is 0 Å². The first kappa shape index (κ1) is 16.5. The van der Waals surface area contributed by atoms with Crippen molar-refractivity contribution in [2.45, 2.75) is 12.0 Å². The van der Waals surface area contributed by atoms with Gasteiger partial charge < -0.3 is 19.1 Å². The van der Waals surface area contributed by atoms with Crippen LogP contribution in [0.15, 0.2) is 66.7 Å². The zero-order valence-electron chi connectivity index (χ0n) is 15.8. The zero-order valence-corrected chi connectivity index (χ0v) is 15.8. The summed E-state index contributed by atoms with van der Waals surface area (Å²) >= 11 is 0. The number of carbonyl (C=O) groups is 1. The number of fused-ring (bicyclic) bond motifs is 5. The van der Waals surface area contributed by atoms with Gasteiger partial charge in [-0.25, -0.2) is 0 Å². The average Bonchev–Trinajstić information content (AvgIpc) is 3.27. The first-order valence-electron chi connectivity index (χ1n) is 9.80. The smallest absolute Gasteiger partial charge is 0.246 e. The Hall–Kier alpha value is -3.47. The minimum atomic E-state index is -0.777. The van der Waals surface area contributed by atoms with Crippen molar-refractivity contribution in [1.29, 1.82) is 0 Å². The highest BCUT2D eigenvalue weighted by Crippen LogP contribution is 2.52. The van der Waals surface area contributed by atoms with Gasteiger partial charge in [0.05, 0.1) is 6.54 Å². The number of carbonyl (C=O) groups excluding carboxylic acids is 1. The van der Waals surface area contributed by atoms with Gasteiger partial charge in [-0.1, -0.05) is 42.5 Å². The van der Waals surface area contributed by atoms with E-state index in [2.05, 4.69) is 0 Å². The summed E-state index contributed by atoms with van der Waals surface area (Å²) < 4.78 is 17.3. The van der Waals surface area contributed by atoms with Gasteiger partial charge in [0.25, 0.3) is 0 Å². The van der Waals surface area contributed by atoms with E-state index in [0.717, 1.165) is 39.6 Å². The first-order valence-corrected chi connectivity index (χ1v) is 9.80. The van der Waals surface area contributed by atoms with Crippen LogP contribution in [0.5, 0.6) is 17.2 Å². The van der Waals surface area contributed by atoms with Crippen LogP contribution in [0.4, 0.5) is 5.69 Å². The van der Waals surface area contributed by atoms with Crippen LogP contribution in [0.1, 0.15) is 16.7 Å². The fourth-order valence-electron chi connectivity index (χ4n) is 4.66. The minimum Gasteiger partial charge on any atom is -0.491 e. The Morgan fingerprint density at radius 1 is 0.793 bits per heavy atom. The number of benzene rings is 3. The van der Waals surface area contributed by atoms with Crippen molar-refractivity contribution in [3.8, 4) is 17.2 Å². The maximum Gasteiger partial charge on any atom is 0.246 e. The van der Waals surface area contributed by atoms with E-state index >= 15 is 0 Å². The number of hydrogen-bond acceptors (Lipinski definition) is 4. The van der Waals surface area contributed by atoms with E-state index in [1.54, 1.807) is 0 Å². The molecule has 5 heteroatoms. The Labute approximate surface area is 168 Å². The molecule has 0 saturated carbocycles. The third-order valence-electron chi connectivity index (χ3n) is 6.00. The maximum absolute atomic E-state index is 13.8. The second-order valence-corrected chi connectivity index (χ2v) is 7.58. The number of nitrogens with zero attached hydrogens (tertiary/aromatic N) is 1. The maximum atomic E-state index is 13.8. The van der Waals surface area contributed by atoms with Gasteiger partial charge in [0.1, 0.15) is 31.0 Å². The molecule has 5 nitrogen and oxygen atoms in total. The molecule has 0 aromatic heterocycles. The summed E-state index contributed by atoms with van der Waals surface area (Å²) in [6.07, 6.45) is 0. The molecule has 0 bridgehead atoms. The number of amides is 1. The molecule has 3 aromatic rings. The lowest BCUT2D eigenvalue weighted by Gasteiger charge is -2.24. The summed E-state index contributed by atoms with van der Waals surface area (Å²) in [4.78, 5) is 15.7. The molecule has 3 aliphatic rings. The molecule has 3 aliphatic heterocycles. The third kappa shape index (κ3) is 2.24. The van der Waals surface area contributed by atoms with Crippen LogP contribution in [-0.2, 0) is 16.8 Å². The molecule has 1 amide bonds. The molecule has 0 N–H and O–H groups in total. The lowest BCUT2D eigenvalue weighted by Crippen LogP contribution is -2.42. The Morgan fingerprint density at radius 3 is 2.45 bits per heavy atom. The highest BCUT2D eigenvalue weighted by molar-refractivity contribution is 6.11. The number of anilines is 1. The van der Waals surface area contributed by atoms with E-state index < -0.39 is 5.41 Å². The summed E-state index contributed by atoms with van der Waals surface area (Å²) in [6, 6.07) is 21.7. The normalized spacial score (nSPS) is 21.1. The van der Waals surface area contributed by atoms with Crippen LogP contribution in [0.3, 0.4) is 0 Å². The van der Waals surface area contributed by atoms with Gasteiger partial charge >= 0.3 is 0 Å². The highest BCUT2D eigenvalue weighted by atomic mass is 16.6. The van der Waals surface area contributed by atoms with E-state index in [1.165, 1.54) is 0 Å². The zero-order chi connectivity index (χ0) is 19.4. The van der Waals surface area contributed by atoms with Crippen molar-refractivity contribution < 1.29 is 19.0 Å². The molecule has 0 saturated heterocycles. The SMILES string of the molecule is O=C1N(Cc2ccc3c(c2)OCCO3)c2ccccc2C12COc1ccccc12. The monoisotopic (exact) mass is 385 g/mol. The molecule has 6 rings (SSSR count). The number of ether oxygens (including phenoxy) is 3. The average molecular weight is 385 g/mol. The van der Waals surface area contributed by atoms with Crippen LogP contribution in [0.25, 0.3) is 0 Å². The molecule has 0 fully saturated rings. The molecular weight excluding hydrogens is 366 g/mol. The lowest BCUT2D eigenvalue weighted by atomic mass is 9.77. The summed E-state index contributed by atoms with van der Waals surface area (Å²) in [6.45, 7) is 1.90. The quantitative estimate of drug-likeness (QED) is 0.675.